The summed E-state index contributed by atoms with van der Waals surface area (Å²) in [7, 11) is 2.00. The lowest BCUT2D eigenvalue weighted by atomic mass is 10.1. The van der Waals surface area contributed by atoms with E-state index < -0.39 is 5.60 Å². The Balaban J connectivity index is 1.59. The quantitative estimate of drug-likeness (QED) is 0.830. The average molecular weight is 357 g/mol. The van der Waals surface area contributed by atoms with E-state index in [1.54, 1.807) is 4.90 Å². The van der Waals surface area contributed by atoms with Crippen LogP contribution in [0.1, 0.15) is 26.3 Å². The SMILES string of the molecule is Cn1cc(CC(=O)N2CCN(C(=O)OC(C)(C)C)CC2)c2ccccc21. The summed E-state index contributed by atoms with van der Waals surface area (Å²) >= 11 is 0. The van der Waals surface area contributed by atoms with Gasteiger partial charge in [-0.3, -0.25) is 4.79 Å². The zero-order valence-corrected chi connectivity index (χ0v) is 16.0. The van der Waals surface area contributed by atoms with E-state index in [9.17, 15) is 9.59 Å². The molecule has 1 aliphatic rings. The molecule has 0 spiro atoms. The van der Waals surface area contributed by atoms with Crippen molar-refractivity contribution in [2.75, 3.05) is 26.2 Å². The molecule has 0 bridgehead atoms. The number of carbonyl (C=O) groups is 2. The van der Waals surface area contributed by atoms with Gasteiger partial charge in [0.05, 0.1) is 6.42 Å². The number of nitrogens with zero attached hydrogens (tertiary/aromatic N) is 3. The van der Waals surface area contributed by atoms with Gasteiger partial charge in [-0.2, -0.15) is 0 Å². The first kappa shape index (κ1) is 18.3. The third kappa shape index (κ3) is 4.00. The molecular formula is C20H27N3O3. The Hall–Kier alpha value is -2.50. The Morgan fingerprint density at radius 2 is 1.65 bits per heavy atom. The van der Waals surface area contributed by atoms with Crippen molar-refractivity contribution in [2.45, 2.75) is 32.8 Å². The third-order valence-electron chi connectivity index (χ3n) is 4.61. The van der Waals surface area contributed by atoms with Crippen LogP contribution in [0.4, 0.5) is 4.79 Å². The predicted octanol–water partition coefficient (Wildman–Crippen LogP) is 2.80. The van der Waals surface area contributed by atoms with Gasteiger partial charge in [0.2, 0.25) is 5.91 Å². The standard InChI is InChI=1S/C20H27N3O3/c1-20(2,3)26-19(25)23-11-9-22(10-12-23)18(24)13-15-14-21(4)17-8-6-5-7-16(15)17/h5-8,14H,9-13H2,1-4H3. The number of ether oxygens (including phenoxy) is 1. The van der Waals surface area contributed by atoms with Crippen molar-refractivity contribution in [3.63, 3.8) is 0 Å². The van der Waals surface area contributed by atoms with Crippen molar-refractivity contribution in [1.82, 2.24) is 14.4 Å². The summed E-state index contributed by atoms with van der Waals surface area (Å²) in [5, 5.41) is 1.12. The number of amides is 2. The molecule has 0 saturated carbocycles. The number of carbonyl (C=O) groups excluding carboxylic acids is 2. The first-order valence-corrected chi connectivity index (χ1v) is 9.03. The highest BCUT2D eigenvalue weighted by molar-refractivity contribution is 5.89. The van der Waals surface area contributed by atoms with E-state index in [2.05, 4.69) is 16.7 Å². The number of fused-ring (bicyclic) bond motifs is 1. The van der Waals surface area contributed by atoms with Crippen molar-refractivity contribution >= 4 is 22.9 Å². The number of hydrogen-bond acceptors (Lipinski definition) is 3. The highest BCUT2D eigenvalue weighted by atomic mass is 16.6. The summed E-state index contributed by atoms with van der Waals surface area (Å²) in [6.45, 7) is 7.68. The molecule has 1 fully saturated rings. The monoisotopic (exact) mass is 357 g/mol. The second-order valence-corrected chi connectivity index (χ2v) is 7.81. The van der Waals surface area contributed by atoms with E-state index in [-0.39, 0.29) is 12.0 Å². The van der Waals surface area contributed by atoms with Gasteiger partial charge in [-0.25, -0.2) is 4.79 Å². The summed E-state index contributed by atoms with van der Waals surface area (Å²) in [5.41, 5.74) is 1.67. The van der Waals surface area contributed by atoms with Crippen molar-refractivity contribution in [3.05, 3.63) is 36.0 Å². The lowest BCUT2D eigenvalue weighted by Gasteiger charge is -2.35. The van der Waals surface area contributed by atoms with Crippen LogP contribution in [-0.4, -0.2) is 58.1 Å². The van der Waals surface area contributed by atoms with Gasteiger partial charge in [0.1, 0.15) is 5.60 Å². The van der Waals surface area contributed by atoms with E-state index in [0.717, 1.165) is 16.5 Å². The van der Waals surface area contributed by atoms with Crippen LogP contribution in [0, 0.1) is 0 Å². The summed E-state index contributed by atoms with van der Waals surface area (Å²) < 4.78 is 7.45. The molecule has 1 aliphatic heterocycles. The Bertz CT molecular complexity index is 811. The van der Waals surface area contributed by atoms with E-state index in [0.29, 0.717) is 32.6 Å². The van der Waals surface area contributed by atoms with Gasteiger partial charge in [-0.05, 0) is 32.4 Å². The van der Waals surface area contributed by atoms with Crippen LogP contribution in [0.15, 0.2) is 30.5 Å². The van der Waals surface area contributed by atoms with Crippen molar-refractivity contribution in [1.29, 1.82) is 0 Å². The number of piperazine rings is 1. The minimum atomic E-state index is -0.502. The van der Waals surface area contributed by atoms with Crippen molar-refractivity contribution < 1.29 is 14.3 Å². The van der Waals surface area contributed by atoms with Crippen molar-refractivity contribution in [2.24, 2.45) is 7.05 Å². The first-order chi connectivity index (χ1) is 12.2. The lowest BCUT2D eigenvalue weighted by molar-refractivity contribution is -0.132. The largest absolute Gasteiger partial charge is 0.444 e. The topological polar surface area (TPSA) is 54.8 Å². The molecule has 0 N–H and O–H groups in total. The molecule has 2 amide bonds. The second-order valence-electron chi connectivity index (χ2n) is 7.81. The molecule has 1 aromatic heterocycles. The fourth-order valence-electron chi connectivity index (χ4n) is 3.31. The molecule has 0 unspecified atom stereocenters. The minimum absolute atomic E-state index is 0.102. The lowest BCUT2D eigenvalue weighted by Crippen LogP contribution is -2.51. The van der Waals surface area contributed by atoms with Gasteiger partial charge >= 0.3 is 6.09 Å². The van der Waals surface area contributed by atoms with Crippen LogP contribution in [0.5, 0.6) is 0 Å². The molecule has 26 heavy (non-hydrogen) atoms. The van der Waals surface area contributed by atoms with Crippen LogP contribution >= 0.6 is 0 Å². The fourth-order valence-corrected chi connectivity index (χ4v) is 3.31. The van der Waals surface area contributed by atoms with Crippen LogP contribution in [0.2, 0.25) is 0 Å². The van der Waals surface area contributed by atoms with Gasteiger partial charge in [0.25, 0.3) is 0 Å². The summed E-state index contributed by atoms with van der Waals surface area (Å²) in [4.78, 5) is 28.3. The second kappa shape index (κ2) is 7.02. The van der Waals surface area contributed by atoms with E-state index in [1.165, 1.54) is 0 Å². The van der Waals surface area contributed by atoms with Gasteiger partial charge in [-0.15, -0.1) is 0 Å². The maximum atomic E-state index is 12.7. The smallest absolute Gasteiger partial charge is 0.410 e. The molecule has 2 heterocycles. The zero-order chi connectivity index (χ0) is 18.9. The Labute approximate surface area is 154 Å². The first-order valence-electron chi connectivity index (χ1n) is 9.03. The average Bonchev–Trinajstić information content (AvgIpc) is 2.90. The molecule has 0 atom stereocenters. The highest BCUT2D eigenvalue weighted by Crippen LogP contribution is 2.21. The van der Waals surface area contributed by atoms with E-state index in [4.69, 9.17) is 4.74 Å². The molecule has 1 aromatic carbocycles. The van der Waals surface area contributed by atoms with Crippen molar-refractivity contribution in [3.8, 4) is 0 Å². The predicted molar refractivity (Wildman–Crippen MR) is 101 cm³/mol. The number of hydrogen-bond donors (Lipinski definition) is 0. The molecule has 2 aromatic rings. The molecule has 0 aliphatic carbocycles. The summed E-state index contributed by atoms with van der Waals surface area (Å²) in [6.07, 6.45) is 2.10. The maximum Gasteiger partial charge on any atom is 0.410 e. The molecule has 1 saturated heterocycles. The Kier molecular flexibility index (Phi) is 4.94. The van der Waals surface area contributed by atoms with Gasteiger partial charge in [-0.1, -0.05) is 18.2 Å². The molecule has 140 valence electrons. The molecule has 0 radical (unpaired) electrons. The van der Waals surface area contributed by atoms with Crippen LogP contribution < -0.4 is 0 Å². The molecular weight excluding hydrogens is 330 g/mol. The number of rotatable bonds is 2. The highest BCUT2D eigenvalue weighted by Gasteiger charge is 2.27. The molecule has 3 rings (SSSR count). The van der Waals surface area contributed by atoms with Gasteiger partial charge < -0.3 is 19.1 Å². The van der Waals surface area contributed by atoms with Crippen LogP contribution in [0.25, 0.3) is 10.9 Å². The zero-order valence-electron chi connectivity index (χ0n) is 16.0. The minimum Gasteiger partial charge on any atom is -0.444 e. The maximum absolute atomic E-state index is 12.7. The number of para-hydroxylation sites is 1. The molecule has 6 heteroatoms. The van der Waals surface area contributed by atoms with Crippen LogP contribution in [0.3, 0.4) is 0 Å². The fraction of sp³-hybridized carbons (Fsp3) is 0.500. The molecule has 6 nitrogen and oxygen atoms in total. The Morgan fingerprint density at radius 3 is 2.31 bits per heavy atom. The summed E-state index contributed by atoms with van der Waals surface area (Å²) in [6, 6.07) is 8.11. The van der Waals surface area contributed by atoms with Crippen LogP contribution in [-0.2, 0) is 23.0 Å². The third-order valence-corrected chi connectivity index (χ3v) is 4.61. The number of aryl methyl sites for hydroxylation is 1. The van der Waals surface area contributed by atoms with Gasteiger partial charge in [0.15, 0.2) is 0 Å². The summed E-state index contributed by atoms with van der Waals surface area (Å²) in [5.74, 6) is 0.102. The van der Waals surface area contributed by atoms with E-state index >= 15 is 0 Å². The Morgan fingerprint density at radius 1 is 1.04 bits per heavy atom. The normalized spacial score (nSPS) is 15.4. The number of benzene rings is 1. The van der Waals surface area contributed by atoms with Gasteiger partial charge in [0, 0.05) is 50.3 Å². The number of aromatic nitrogens is 1. The van der Waals surface area contributed by atoms with E-state index in [1.807, 2.05) is 51.0 Å².